The van der Waals surface area contributed by atoms with Crippen molar-refractivity contribution in [3.05, 3.63) is 30.4 Å². The summed E-state index contributed by atoms with van der Waals surface area (Å²) in [6.07, 6.45) is 7.06. The number of carbonyl (C=O) groups is 1. The highest BCUT2D eigenvalue weighted by atomic mass is 127. The first kappa shape index (κ1) is 16.3. The molecule has 0 aliphatic carbocycles. The highest BCUT2D eigenvalue weighted by Crippen LogP contribution is 2.34. The molecule has 7 nitrogen and oxygen atoms in total. The SMILES string of the molecule is N#CCCCC(=O)N1C[C@@H](I)[C@@H](c2cnc3cnc4[nH]ccc4n23)C1. The molecular formula is C17H17IN6O. The van der Waals surface area contributed by atoms with Gasteiger partial charge in [-0.3, -0.25) is 9.20 Å². The van der Waals surface area contributed by atoms with E-state index >= 15 is 0 Å². The van der Waals surface area contributed by atoms with Crippen LogP contribution in [0.15, 0.2) is 24.7 Å². The van der Waals surface area contributed by atoms with E-state index in [0.29, 0.717) is 29.7 Å². The van der Waals surface area contributed by atoms with Crippen LogP contribution in [-0.4, -0.2) is 47.2 Å². The Bertz CT molecular complexity index is 970. The van der Waals surface area contributed by atoms with Crippen LogP contribution in [0.3, 0.4) is 0 Å². The fraction of sp³-hybridized carbons (Fsp3) is 0.412. The van der Waals surface area contributed by atoms with Crippen LogP contribution in [-0.2, 0) is 4.79 Å². The second-order valence-electron chi connectivity index (χ2n) is 6.28. The number of hydrogen-bond acceptors (Lipinski definition) is 4. The number of imidazole rings is 1. The summed E-state index contributed by atoms with van der Waals surface area (Å²) >= 11 is 2.43. The fourth-order valence-corrected chi connectivity index (χ4v) is 4.55. The van der Waals surface area contributed by atoms with Gasteiger partial charge in [0.2, 0.25) is 5.91 Å². The third-order valence-corrected chi connectivity index (χ3v) is 5.99. The molecule has 0 spiro atoms. The van der Waals surface area contributed by atoms with E-state index in [1.807, 2.05) is 23.4 Å². The number of nitrogens with zero attached hydrogens (tertiary/aromatic N) is 5. The maximum Gasteiger partial charge on any atom is 0.222 e. The quantitative estimate of drug-likeness (QED) is 0.378. The van der Waals surface area contributed by atoms with Crippen molar-refractivity contribution in [2.45, 2.75) is 29.1 Å². The molecule has 128 valence electrons. The Morgan fingerprint density at radius 1 is 1.40 bits per heavy atom. The van der Waals surface area contributed by atoms with E-state index in [4.69, 9.17) is 5.26 Å². The molecule has 1 amide bonds. The smallest absolute Gasteiger partial charge is 0.222 e. The van der Waals surface area contributed by atoms with Crippen LogP contribution >= 0.6 is 22.6 Å². The zero-order valence-corrected chi connectivity index (χ0v) is 15.7. The Hall–Kier alpha value is -2.15. The fourth-order valence-electron chi connectivity index (χ4n) is 3.48. The molecule has 0 saturated carbocycles. The number of fused-ring (bicyclic) bond motifs is 3. The summed E-state index contributed by atoms with van der Waals surface area (Å²) in [5, 5.41) is 8.63. The minimum atomic E-state index is 0.140. The summed E-state index contributed by atoms with van der Waals surface area (Å²) in [5.74, 6) is 0.373. The highest BCUT2D eigenvalue weighted by molar-refractivity contribution is 14.1. The van der Waals surface area contributed by atoms with E-state index in [2.05, 4.69) is 48.0 Å². The van der Waals surface area contributed by atoms with E-state index in [9.17, 15) is 4.79 Å². The second kappa shape index (κ2) is 6.63. The zero-order chi connectivity index (χ0) is 17.4. The molecule has 3 aromatic rings. The Kier molecular flexibility index (Phi) is 4.33. The number of aromatic amines is 1. The number of halogens is 1. The van der Waals surface area contributed by atoms with Gasteiger partial charge in [0.15, 0.2) is 11.3 Å². The van der Waals surface area contributed by atoms with Crippen molar-refractivity contribution < 1.29 is 4.79 Å². The monoisotopic (exact) mass is 448 g/mol. The average Bonchev–Trinajstić information content (AvgIpc) is 3.31. The van der Waals surface area contributed by atoms with Gasteiger partial charge in [-0.25, -0.2) is 9.97 Å². The van der Waals surface area contributed by atoms with Crippen molar-refractivity contribution in [3.8, 4) is 6.07 Å². The molecule has 1 saturated heterocycles. The molecule has 8 heteroatoms. The topological polar surface area (TPSA) is 90.1 Å². The minimum Gasteiger partial charge on any atom is -0.345 e. The number of aromatic nitrogens is 4. The molecule has 1 aliphatic heterocycles. The van der Waals surface area contributed by atoms with E-state index in [1.54, 1.807) is 6.20 Å². The number of H-pyrrole nitrogens is 1. The lowest BCUT2D eigenvalue weighted by Crippen LogP contribution is -2.28. The third kappa shape index (κ3) is 2.86. The van der Waals surface area contributed by atoms with Crippen LogP contribution in [0, 0.1) is 11.3 Å². The van der Waals surface area contributed by atoms with Crippen molar-refractivity contribution in [2.75, 3.05) is 13.1 Å². The maximum atomic E-state index is 12.4. The predicted molar refractivity (Wildman–Crippen MR) is 101 cm³/mol. The van der Waals surface area contributed by atoms with Gasteiger partial charge in [0, 0.05) is 53.9 Å². The van der Waals surface area contributed by atoms with E-state index in [-0.39, 0.29) is 11.8 Å². The van der Waals surface area contributed by atoms with Gasteiger partial charge in [-0.2, -0.15) is 5.26 Å². The maximum absolute atomic E-state index is 12.4. The lowest BCUT2D eigenvalue weighted by molar-refractivity contribution is -0.130. The van der Waals surface area contributed by atoms with Crippen molar-refractivity contribution in [3.63, 3.8) is 0 Å². The predicted octanol–water partition coefficient (Wildman–Crippen LogP) is 2.63. The van der Waals surface area contributed by atoms with Gasteiger partial charge in [-0.05, 0) is 12.5 Å². The first-order valence-electron chi connectivity index (χ1n) is 8.27. The van der Waals surface area contributed by atoms with Crippen LogP contribution in [0.1, 0.15) is 30.9 Å². The van der Waals surface area contributed by atoms with Gasteiger partial charge < -0.3 is 9.88 Å². The Morgan fingerprint density at radius 2 is 2.28 bits per heavy atom. The summed E-state index contributed by atoms with van der Waals surface area (Å²) in [7, 11) is 0. The van der Waals surface area contributed by atoms with Gasteiger partial charge >= 0.3 is 0 Å². The Labute approximate surface area is 158 Å². The van der Waals surface area contributed by atoms with Crippen molar-refractivity contribution in [1.29, 1.82) is 5.26 Å². The van der Waals surface area contributed by atoms with Crippen molar-refractivity contribution >= 4 is 45.3 Å². The molecule has 0 bridgehead atoms. The lowest BCUT2D eigenvalue weighted by Gasteiger charge is -2.16. The van der Waals surface area contributed by atoms with Crippen LogP contribution in [0.25, 0.3) is 16.8 Å². The largest absolute Gasteiger partial charge is 0.345 e. The first-order valence-corrected chi connectivity index (χ1v) is 9.52. The van der Waals surface area contributed by atoms with E-state index in [1.165, 1.54) is 0 Å². The van der Waals surface area contributed by atoms with Gasteiger partial charge in [0.1, 0.15) is 0 Å². The number of nitriles is 1. The molecule has 0 radical (unpaired) electrons. The number of unbranched alkanes of at least 4 members (excludes halogenated alkanes) is 1. The third-order valence-electron chi connectivity index (χ3n) is 4.73. The molecule has 3 aromatic heterocycles. The number of hydrogen-bond donors (Lipinski definition) is 1. The van der Waals surface area contributed by atoms with Crippen LogP contribution < -0.4 is 0 Å². The summed E-state index contributed by atoms with van der Waals surface area (Å²) in [4.78, 5) is 26.3. The Balaban J connectivity index is 1.62. The number of alkyl halides is 1. The van der Waals surface area contributed by atoms with Gasteiger partial charge in [-0.15, -0.1) is 0 Å². The van der Waals surface area contributed by atoms with Crippen LogP contribution in [0.2, 0.25) is 0 Å². The molecule has 2 atom stereocenters. The van der Waals surface area contributed by atoms with Crippen molar-refractivity contribution in [2.24, 2.45) is 0 Å². The molecule has 4 rings (SSSR count). The number of rotatable bonds is 4. The summed E-state index contributed by atoms with van der Waals surface area (Å²) < 4.78 is 2.47. The van der Waals surface area contributed by atoms with Crippen LogP contribution in [0.4, 0.5) is 0 Å². The summed E-state index contributed by atoms with van der Waals surface area (Å²) in [6.45, 7) is 1.44. The van der Waals surface area contributed by atoms with Gasteiger partial charge in [-0.1, -0.05) is 22.6 Å². The molecule has 1 aliphatic rings. The lowest BCUT2D eigenvalue weighted by atomic mass is 10.1. The molecule has 0 aromatic carbocycles. The Morgan fingerprint density at radius 3 is 3.12 bits per heavy atom. The minimum absolute atomic E-state index is 0.140. The summed E-state index contributed by atoms with van der Waals surface area (Å²) in [6, 6.07) is 4.10. The number of nitrogens with one attached hydrogen (secondary N) is 1. The molecule has 4 heterocycles. The van der Waals surface area contributed by atoms with Crippen molar-refractivity contribution in [1.82, 2.24) is 24.3 Å². The summed E-state index contributed by atoms with van der Waals surface area (Å²) in [5.41, 5.74) is 3.78. The number of amides is 1. The van der Waals surface area contributed by atoms with E-state index in [0.717, 1.165) is 29.0 Å². The first-order chi connectivity index (χ1) is 12.2. The zero-order valence-electron chi connectivity index (χ0n) is 13.5. The molecular weight excluding hydrogens is 431 g/mol. The highest BCUT2D eigenvalue weighted by Gasteiger charge is 2.36. The molecule has 25 heavy (non-hydrogen) atoms. The van der Waals surface area contributed by atoms with Gasteiger partial charge in [0.25, 0.3) is 0 Å². The number of likely N-dealkylation sites (tertiary alicyclic amines) is 1. The standard InChI is InChI=1S/C17H17IN6O/c18-12-10-23(16(25)3-1-2-5-19)9-11(12)14-7-21-15-8-22-17-13(24(14)15)4-6-20-17/h4,6-8,11-12,20H,1-3,9-10H2/t11-,12+/m0/s1. The second-order valence-corrected chi connectivity index (χ2v) is 7.88. The molecule has 1 fully saturated rings. The van der Waals surface area contributed by atoms with E-state index < -0.39 is 0 Å². The molecule has 1 N–H and O–H groups in total. The molecule has 0 unspecified atom stereocenters. The normalized spacial score (nSPS) is 20.4. The van der Waals surface area contributed by atoms with Gasteiger partial charge in [0.05, 0.1) is 17.8 Å². The average molecular weight is 448 g/mol. The number of carbonyl (C=O) groups excluding carboxylic acids is 1. The van der Waals surface area contributed by atoms with Crippen LogP contribution in [0.5, 0.6) is 0 Å².